The quantitative estimate of drug-likeness (QED) is 0.834. The van der Waals surface area contributed by atoms with Gasteiger partial charge in [0.1, 0.15) is 0 Å². The van der Waals surface area contributed by atoms with E-state index in [0.29, 0.717) is 18.9 Å². The molecule has 100 valence electrons. The van der Waals surface area contributed by atoms with Crippen molar-refractivity contribution in [2.45, 2.75) is 20.3 Å². The molecule has 0 aliphatic heterocycles. The number of amides is 2. The first-order valence-corrected chi connectivity index (χ1v) is 6.06. The maximum Gasteiger partial charge on any atom is 0.286 e. The lowest BCUT2D eigenvalue weighted by Gasteiger charge is -2.19. The number of hydrogen-bond donors (Lipinski definition) is 1. The second-order valence-corrected chi connectivity index (χ2v) is 4.65. The standard InChI is InChI=1S/C13H20N2O3/c1-10(2)9-15(3)12(16)6-7-14-13(17)11-5-4-8-18-11/h4-5,8,10H,6-7,9H2,1-3H3,(H,14,17). The number of carbonyl (C=O) groups excluding carboxylic acids is 2. The number of carbonyl (C=O) groups is 2. The first-order chi connectivity index (χ1) is 8.50. The van der Waals surface area contributed by atoms with Crippen molar-refractivity contribution < 1.29 is 14.0 Å². The molecule has 2 amide bonds. The fraction of sp³-hybridized carbons (Fsp3) is 0.538. The summed E-state index contributed by atoms with van der Waals surface area (Å²) in [6, 6.07) is 3.23. The zero-order chi connectivity index (χ0) is 13.5. The molecule has 0 bridgehead atoms. The SMILES string of the molecule is CC(C)CN(C)C(=O)CCNC(=O)c1ccco1. The van der Waals surface area contributed by atoms with Gasteiger partial charge < -0.3 is 14.6 Å². The Morgan fingerprint density at radius 1 is 1.44 bits per heavy atom. The molecule has 1 rings (SSSR count). The van der Waals surface area contributed by atoms with Crippen LogP contribution in [0.5, 0.6) is 0 Å². The highest BCUT2D eigenvalue weighted by Gasteiger charge is 2.12. The summed E-state index contributed by atoms with van der Waals surface area (Å²) in [5.41, 5.74) is 0. The monoisotopic (exact) mass is 252 g/mol. The van der Waals surface area contributed by atoms with Crippen LogP contribution in [0.1, 0.15) is 30.8 Å². The minimum absolute atomic E-state index is 0.0310. The molecule has 0 fully saturated rings. The van der Waals surface area contributed by atoms with Gasteiger partial charge in [-0.15, -0.1) is 0 Å². The maximum atomic E-state index is 11.7. The Labute approximate surface area is 107 Å². The van der Waals surface area contributed by atoms with E-state index in [0.717, 1.165) is 6.54 Å². The number of nitrogens with zero attached hydrogens (tertiary/aromatic N) is 1. The predicted octanol–water partition coefficient (Wildman–Crippen LogP) is 1.51. The van der Waals surface area contributed by atoms with Crippen LogP contribution in [-0.4, -0.2) is 36.9 Å². The number of furan rings is 1. The van der Waals surface area contributed by atoms with Crippen LogP contribution < -0.4 is 5.32 Å². The van der Waals surface area contributed by atoms with Crippen LogP contribution in [0.15, 0.2) is 22.8 Å². The van der Waals surface area contributed by atoms with Crippen LogP contribution in [-0.2, 0) is 4.79 Å². The summed E-state index contributed by atoms with van der Waals surface area (Å²) in [7, 11) is 1.77. The second kappa shape index (κ2) is 6.83. The fourth-order valence-corrected chi connectivity index (χ4v) is 1.62. The molecular weight excluding hydrogens is 232 g/mol. The second-order valence-electron chi connectivity index (χ2n) is 4.65. The molecular formula is C13H20N2O3. The minimum atomic E-state index is -0.292. The molecule has 0 aromatic carbocycles. The Kier molecular flexibility index (Phi) is 5.42. The van der Waals surface area contributed by atoms with Crippen LogP contribution >= 0.6 is 0 Å². The van der Waals surface area contributed by atoms with Crippen molar-refractivity contribution in [2.75, 3.05) is 20.1 Å². The highest BCUT2D eigenvalue weighted by Crippen LogP contribution is 2.00. The molecule has 0 radical (unpaired) electrons. The van der Waals surface area contributed by atoms with Crippen LogP contribution in [0.4, 0.5) is 0 Å². The van der Waals surface area contributed by atoms with Crippen molar-refractivity contribution in [2.24, 2.45) is 5.92 Å². The molecule has 0 saturated carbocycles. The van der Waals surface area contributed by atoms with Gasteiger partial charge in [-0.2, -0.15) is 0 Å². The van der Waals surface area contributed by atoms with E-state index >= 15 is 0 Å². The largest absolute Gasteiger partial charge is 0.459 e. The summed E-state index contributed by atoms with van der Waals surface area (Å²) < 4.78 is 4.95. The van der Waals surface area contributed by atoms with Gasteiger partial charge in [-0.25, -0.2) is 0 Å². The third-order valence-electron chi connectivity index (χ3n) is 2.43. The van der Waals surface area contributed by atoms with Gasteiger partial charge in [0.25, 0.3) is 5.91 Å². The van der Waals surface area contributed by atoms with Crippen molar-refractivity contribution in [3.05, 3.63) is 24.2 Å². The summed E-state index contributed by atoms with van der Waals surface area (Å²) in [5.74, 6) is 0.442. The van der Waals surface area contributed by atoms with Gasteiger partial charge in [0, 0.05) is 26.6 Å². The third kappa shape index (κ3) is 4.61. The van der Waals surface area contributed by atoms with E-state index in [1.165, 1.54) is 6.26 Å². The normalized spacial score (nSPS) is 10.4. The lowest BCUT2D eigenvalue weighted by atomic mass is 10.2. The molecule has 0 atom stereocenters. The van der Waals surface area contributed by atoms with Crippen molar-refractivity contribution in [1.29, 1.82) is 0 Å². The van der Waals surface area contributed by atoms with E-state index in [1.54, 1.807) is 24.1 Å². The summed E-state index contributed by atoms with van der Waals surface area (Å²) in [5, 5.41) is 2.64. The molecule has 1 heterocycles. The molecule has 5 heteroatoms. The lowest BCUT2D eigenvalue weighted by Crippen LogP contribution is -2.33. The van der Waals surface area contributed by atoms with Gasteiger partial charge in [0.05, 0.1) is 6.26 Å². The van der Waals surface area contributed by atoms with Crippen LogP contribution in [0.3, 0.4) is 0 Å². The van der Waals surface area contributed by atoms with E-state index in [-0.39, 0.29) is 17.6 Å². The average molecular weight is 252 g/mol. The van der Waals surface area contributed by atoms with Crippen molar-refractivity contribution in [1.82, 2.24) is 10.2 Å². The number of hydrogen-bond acceptors (Lipinski definition) is 3. The molecule has 0 saturated heterocycles. The molecule has 1 N–H and O–H groups in total. The van der Waals surface area contributed by atoms with E-state index in [4.69, 9.17) is 4.42 Å². The number of nitrogens with one attached hydrogen (secondary N) is 1. The molecule has 5 nitrogen and oxygen atoms in total. The first kappa shape index (κ1) is 14.3. The van der Waals surface area contributed by atoms with Gasteiger partial charge in [0.15, 0.2) is 5.76 Å². The zero-order valence-corrected chi connectivity index (χ0v) is 11.1. The molecule has 0 aliphatic rings. The molecule has 1 aromatic rings. The Balaban J connectivity index is 2.25. The first-order valence-electron chi connectivity index (χ1n) is 6.06. The van der Waals surface area contributed by atoms with E-state index in [9.17, 15) is 9.59 Å². The van der Waals surface area contributed by atoms with Crippen LogP contribution in [0, 0.1) is 5.92 Å². The third-order valence-corrected chi connectivity index (χ3v) is 2.43. The summed E-state index contributed by atoms with van der Waals surface area (Å²) in [6.45, 7) is 5.16. The van der Waals surface area contributed by atoms with E-state index in [2.05, 4.69) is 19.2 Å². The molecule has 1 aromatic heterocycles. The fourth-order valence-electron chi connectivity index (χ4n) is 1.62. The average Bonchev–Trinajstić information content (AvgIpc) is 2.81. The maximum absolute atomic E-state index is 11.7. The smallest absolute Gasteiger partial charge is 0.286 e. The van der Waals surface area contributed by atoms with E-state index in [1.807, 2.05) is 0 Å². The van der Waals surface area contributed by atoms with E-state index < -0.39 is 0 Å². The minimum Gasteiger partial charge on any atom is -0.459 e. The van der Waals surface area contributed by atoms with Crippen LogP contribution in [0.2, 0.25) is 0 Å². The number of rotatable bonds is 6. The zero-order valence-electron chi connectivity index (χ0n) is 11.1. The van der Waals surface area contributed by atoms with Gasteiger partial charge in [-0.05, 0) is 18.1 Å². The summed E-state index contributed by atoms with van der Waals surface area (Å²) >= 11 is 0. The van der Waals surface area contributed by atoms with Gasteiger partial charge in [0.2, 0.25) is 5.91 Å². The van der Waals surface area contributed by atoms with Crippen LogP contribution in [0.25, 0.3) is 0 Å². The lowest BCUT2D eigenvalue weighted by molar-refractivity contribution is -0.130. The Morgan fingerprint density at radius 3 is 2.72 bits per heavy atom. The molecule has 18 heavy (non-hydrogen) atoms. The summed E-state index contributed by atoms with van der Waals surface area (Å²) in [4.78, 5) is 24.9. The molecule has 0 aliphatic carbocycles. The van der Waals surface area contributed by atoms with Crippen molar-refractivity contribution in [3.8, 4) is 0 Å². The molecule has 0 spiro atoms. The van der Waals surface area contributed by atoms with Gasteiger partial charge >= 0.3 is 0 Å². The highest BCUT2D eigenvalue weighted by molar-refractivity contribution is 5.91. The Bertz CT molecular complexity index is 385. The van der Waals surface area contributed by atoms with Crippen molar-refractivity contribution >= 4 is 11.8 Å². The highest BCUT2D eigenvalue weighted by atomic mass is 16.3. The Hall–Kier alpha value is -1.78. The predicted molar refractivity (Wildman–Crippen MR) is 68.1 cm³/mol. The topological polar surface area (TPSA) is 62.6 Å². The van der Waals surface area contributed by atoms with Gasteiger partial charge in [-0.3, -0.25) is 9.59 Å². The van der Waals surface area contributed by atoms with Gasteiger partial charge in [-0.1, -0.05) is 13.8 Å². The summed E-state index contributed by atoms with van der Waals surface area (Å²) in [6.07, 6.45) is 1.74. The van der Waals surface area contributed by atoms with Crippen molar-refractivity contribution in [3.63, 3.8) is 0 Å². The Morgan fingerprint density at radius 2 is 2.17 bits per heavy atom. The molecule has 0 unspecified atom stereocenters.